The van der Waals surface area contributed by atoms with E-state index in [0.717, 1.165) is 40.5 Å². The van der Waals surface area contributed by atoms with Gasteiger partial charge in [-0.25, -0.2) is 0 Å². The highest BCUT2D eigenvalue weighted by molar-refractivity contribution is 6.32. The number of rotatable bonds is 0. The van der Waals surface area contributed by atoms with E-state index in [4.69, 9.17) is 32.7 Å². The van der Waals surface area contributed by atoms with E-state index in [0.29, 0.717) is 19.1 Å². The first kappa shape index (κ1) is 11.5. The Balaban J connectivity index is 2.24. The average Bonchev–Trinajstić information content (AvgIpc) is 2.33. The SMILES string of the molecule is CC1CCC(Cl)c2c3c(cc(Cl)c21)OCCO3. The van der Waals surface area contributed by atoms with E-state index in [1.807, 2.05) is 6.07 Å². The van der Waals surface area contributed by atoms with Gasteiger partial charge in [-0.2, -0.15) is 0 Å². The lowest BCUT2D eigenvalue weighted by molar-refractivity contribution is 0.169. The molecule has 1 aromatic rings. The highest BCUT2D eigenvalue weighted by atomic mass is 35.5. The number of halogens is 2. The number of hydrogen-bond donors (Lipinski definition) is 0. The van der Waals surface area contributed by atoms with Crippen LogP contribution in [0.1, 0.15) is 42.2 Å². The van der Waals surface area contributed by atoms with Gasteiger partial charge in [0.05, 0.1) is 5.38 Å². The zero-order valence-electron chi connectivity index (χ0n) is 9.63. The van der Waals surface area contributed by atoms with E-state index in [2.05, 4.69) is 6.92 Å². The van der Waals surface area contributed by atoms with E-state index in [9.17, 15) is 0 Å². The molecule has 2 nitrogen and oxygen atoms in total. The molecule has 3 rings (SSSR count). The number of alkyl halides is 1. The lowest BCUT2D eigenvalue weighted by Crippen LogP contribution is -2.20. The Bertz CT molecular complexity index is 459. The molecule has 0 saturated heterocycles. The van der Waals surface area contributed by atoms with E-state index in [-0.39, 0.29) is 5.38 Å². The maximum Gasteiger partial charge on any atom is 0.166 e. The topological polar surface area (TPSA) is 18.5 Å². The summed E-state index contributed by atoms with van der Waals surface area (Å²) in [7, 11) is 0. The lowest BCUT2D eigenvalue weighted by atomic mass is 9.83. The summed E-state index contributed by atoms with van der Waals surface area (Å²) in [5.41, 5.74) is 2.19. The smallest absolute Gasteiger partial charge is 0.166 e. The van der Waals surface area contributed by atoms with Crippen molar-refractivity contribution in [1.29, 1.82) is 0 Å². The normalized spacial score (nSPS) is 26.5. The molecule has 0 spiro atoms. The van der Waals surface area contributed by atoms with Crippen LogP contribution in [0.5, 0.6) is 11.5 Å². The minimum Gasteiger partial charge on any atom is -0.486 e. The van der Waals surface area contributed by atoms with Crippen LogP contribution in [0.15, 0.2) is 6.07 Å². The average molecular weight is 273 g/mol. The molecule has 1 heterocycles. The molecule has 0 radical (unpaired) electrons. The third-order valence-electron chi connectivity index (χ3n) is 3.52. The number of benzene rings is 1. The Morgan fingerprint density at radius 3 is 2.76 bits per heavy atom. The molecular formula is C13H14Cl2O2. The predicted molar refractivity (Wildman–Crippen MR) is 68.7 cm³/mol. The minimum absolute atomic E-state index is 0.0182. The van der Waals surface area contributed by atoms with Crippen molar-refractivity contribution < 1.29 is 9.47 Å². The molecule has 0 N–H and O–H groups in total. The van der Waals surface area contributed by atoms with Gasteiger partial charge in [0.15, 0.2) is 11.5 Å². The van der Waals surface area contributed by atoms with Gasteiger partial charge >= 0.3 is 0 Å². The Morgan fingerprint density at radius 2 is 1.94 bits per heavy atom. The third-order valence-corrected chi connectivity index (χ3v) is 4.27. The molecule has 0 fully saturated rings. The summed E-state index contributed by atoms with van der Waals surface area (Å²) in [5, 5.41) is 0.734. The molecule has 2 atom stereocenters. The first-order valence-electron chi connectivity index (χ1n) is 5.94. The van der Waals surface area contributed by atoms with Crippen LogP contribution in [-0.4, -0.2) is 13.2 Å². The predicted octanol–water partition coefficient (Wildman–Crippen LogP) is 4.29. The molecule has 0 bridgehead atoms. The highest BCUT2D eigenvalue weighted by Crippen LogP contribution is 2.52. The van der Waals surface area contributed by atoms with Crippen molar-refractivity contribution in [3.05, 3.63) is 22.2 Å². The zero-order valence-corrected chi connectivity index (χ0v) is 11.1. The van der Waals surface area contributed by atoms with Crippen LogP contribution in [-0.2, 0) is 0 Å². The molecular weight excluding hydrogens is 259 g/mol. The van der Waals surface area contributed by atoms with E-state index in [1.165, 1.54) is 0 Å². The van der Waals surface area contributed by atoms with Crippen molar-refractivity contribution in [3.8, 4) is 11.5 Å². The quantitative estimate of drug-likeness (QED) is 0.656. The van der Waals surface area contributed by atoms with Gasteiger partial charge in [-0.15, -0.1) is 11.6 Å². The molecule has 17 heavy (non-hydrogen) atoms. The molecule has 0 amide bonds. The highest BCUT2D eigenvalue weighted by Gasteiger charge is 2.32. The first-order chi connectivity index (χ1) is 8.18. The fourth-order valence-electron chi connectivity index (χ4n) is 2.69. The first-order valence-corrected chi connectivity index (χ1v) is 6.76. The molecule has 1 aromatic carbocycles. The summed E-state index contributed by atoms with van der Waals surface area (Å²) in [6.07, 6.45) is 2.03. The van der Waals surface area contributed by atoms with Crippen molar-refractivity contribution in [1.82, 2.24) is 0 Å². The summed E-state index contributed by atoms with van der Waals surface area (Å²) in [4.78, 5) is 0. The molecule has 0 saturated carbocycles. The third kappa shape index (κ3) is 1.78. The Kier molecular flexibility index (Phi) is 2.87. The standard InChI is InChI=1S/C13H14Cl2O2/c1-7-2-3-8(14)12-11(7)9(15)6-10-13(12)17-5-4-16-10/h6-8H,2-5H2,1H3. The van der Waals surface area contributed by atoms with Gasteiger partial charge in [-0.3, -0.25) is 0 Å². The second-order valence-corrected chi connectivity index (χ2v) is 5.59. The Hall–Kier alpha value is -0.600. The van der Waals surface area contributed by atoms with Crippen LogP contribution in [0.3, 0.4) is 0 Å². The van der Waals surface area contributed by atoms with Crippen molar-refractivity contribution in [2.45, 2.75) is 31.1 Å². The van der Waals surface area contributed by atoms with E-state index < -0.39 is 0 Å². The maximum absolute atomic E-state index is 6.43. The molecule has 4 heteroatoms. The van der Waals surface area contributed by atoms with Gasteiger partial charge in [-0.05, 0) is 24.3 Å². The second kappa shape index (κ2) is 4.25. The van der Waals surface area contributed by atoms with Crippen molar-refractivity contribution >= 4 is 23.2 Å². The summed E-state index contributed by atoms with van der Waals surface area (Å²) in [5.74, 6) is 1.98. The van der Waals surface area contributed by atoms with E-state index >= 15 is 0 Å². The van der Waals surface area contributed by atoms with Gasteiger partial charge in [0.1, 0.15) is 13.2 Å². The van der Waals surface area contributed by atoms with E-state index in [1.54, 1.807) is 0 Å². The summed E-state index contributed by atoms with van der Waals surface area (Å²) >= 11 is 12.8. The van der Waals surface area contributed by atoms with Crippen LogP contribution >= 0.6 is 23.2 Å². The van der Waals surface area contributed by atoms with Gasteiger partial charge in [0, 0.05) is 16.7 Å². The summed E-state index contributed by atoms with van der Waals surface area (Å²) < 4.78 is 11.3. The zero-order chi connectivity index (χ0) is 12.0. The second-order valence-electron chi connectivity index (χ2n) is 4.66. The van der Waals surface area contributed by atoms with Gasteiger partial charge in [0.2, 0.25) is 0 Å². The largest absolute Gasteiger partial charge is 0.486 e. The molecule has 2 aliphatic rings. The van der Waals surface area contributed by atoms with Crippen molar-refractivity contribution in [3.63, 3.8) is 0 Å². The van der Waals surface area contributed by atoms with Crippen molar-refractivity contribution in [2.24, 2.45) is 0 Å². The lowest BCUT2D eigenvalue weighted by Gasteiger charge is -2.31. The van der Waals surface area contributed by atoms with Crippen LogP contribution in [0.4, 0.5) is 0 Å². The fraction of sp³-hybridized carbons (Fsp3) is 0.538. The molecule has 2 unspecified atom stereocenters. The molecule has 92 valence electrons. The summed E-state index contributed by atoms with van der Waals surface area (Å²) in [6, 6.07) is 1.86. The minimum atomic E-state index is -0.0182. The molecule has 1 aliphatic heterocycles. The van der Waals surface area contributed by atoms with Crippen LogP contribution in [0.2, 0.25) is 5.02 Å². The molecule has 0 aromatic heterocycles. The molecule has 1 aliphatic carbocycles. The van der Waals surface area contributed by atoms with Gasteiger partial charge in [0.25, 0.3) is 0 Å². The van der Waals surface area contributed by atoms with Gasteiger partial charge < -0.3 is 9.47 Å². The number of ether oxygens (including phenoxy) is 2. The van der Waals surface area contributed by atoms with Crippen molar-refractivity contribution in [2.75, 3.05) is 13.2 Å². The Labute approximate surface area is 111 Å². The number of hydrogen-bond acceptors (Lipinski definition) is 2. The maximum atomic E-state index is 6.43. The van der Waals surface area contributed by atoms with Crippen LogP contribution in [0, 0.1) is 0 Å². The summed E-state index contributed by atoms with van der Waals surface area (Å²) in [6.45, 7) is 3.34. The fourth-order valence-corrected chi connectivity index (χ4v) is 3.42. The van der Waals surface area contributed by atoms with Crippen LogP contribution < -0.4 is 9.47 Å². The van der Waals surface area contributed by atoms with Crippen LogP contribution in [0.25, 0.3) is 0 Å². The number of fused-ring (bicyclic) bond motifs is 3. The Morgan fingerprint density at radius 1 is 1.18 bits per heavy atom. The van der Waals surface area contributed by atoms with Gasteiger partial charge in [-0.1, -0.05) is 18.5 Å². The monoisotopic (exact) mass is 272 g/mol.